The predicted molar refractivity (Wildman–Crippen MR) is 54.0 cm³/mol. The van der Waals surface area contributed by atoms with Crippen molar-refractivity contribution >= 4 is 21.7 Å². The van der Waals surface area contributed by atoms with Gasteiger partial charge in [-0.1, -0.05) is 0 Å². The van der Waals surface area contributed by atoms with Crippen LogP contribution in [0, 0.1) is 11.3 Å². The third-order valence-corrected chi connectivity index (χ3v) is 1.74. The predicted octanol–water partition coefficient (Wildman–Crippen LogP) is 1.60. The molecule has 0 radical (unpaired) electrons. The Morgan fingerprint density at radius 2 is 2.31 bits per heavy atom. The van der Waals surface area contributed by atoms with Crippen LogP contribution in [0.1, 0.15) is 5.56 Å². The van der Waals surface area contributed by atoms with Gasteiger partial charge in [0, 0.05) is 24.8 Å². The summed E-state index contributed by atoms with van der Waals surface area (Å²) in [5.41, 5.74) is 3.45. The Morgan fingerprint density at radius 3 is 2.85 bits per heavy atom. The van der Waals surface area contributed by atoms with Crippen molar-refractivity contribution in [1.82, 2.24) is 9.99 Å². The molecule has 0 spiro atoms. The number of hydrogen-bond donors (Lipinski definition) is 1. The van der Waals surface area contributed by atoms with E-state index in [1.807, 2.05) is 14.1 Å². The lowest BCUT2D eigenvalue weighted by molar-refractivity contribution is 0.492. The number of hydrogen-bond acceptors (Lipinski definition) is 4. The summed E-state index contributed by atoms with van der Waals surface area (Å²) in [6.07, 6.45) is 1.65. The van der Waals surface area contributed by atoms with Gasteiger partial charge in [0.1, 0.15) is 6.07 Å². The summed E-state index contributed by atoms with van der Waals surface area (Å²) in [6.45, 7) is 0. The number of pyridine rings is 1. The van der Waals surface area contributed by atoms with E-state index in [1.54, 1.807) is 17.3 Å². The molecule has 0 saturated carbocycles. The highest BCUT2D eigenvalue weighted by Gasteiger charge is 2.03. The molecule has 0 atom stereocenters. The SMILES string of the molecule is CN(C)Nc1ncc(Br)cc1C#N. The summed E-state index contributed by atoms with van der Waals surface area (Å²) in [6, 6.07) is 3.78. The van der Waals surface area contributed by atoms with Crippen LogP contribution in [0.15, 0.2) is 16.7 Å². The second-order valence-corrected chi connectivity index (χ2v) is 3.58. The number of nitrogens with one attached hydrogen (secondary N) is 1. The topological polar surface area (TPSA) is 52.0 Å². The smallest absolute Gasteiger partial charge is 0.158 e. The third kappa shape index (κ3) is 2.68. The highest BCUT2D eigenvalue weighted by atomic mass is 79.9. The van der Waals surface area contributed by atoms with Crippen LogP contribution in [0.3, 0.4) is 0 Å². The maximum atomic E-state index is 8.79. The van der Waals surface area contributed by atoms with Crippen LogP contribution < -0.4 is 5.43 Å². The van der Waals surface area contributed by atoms with Crippen molar-refractivity contribution in [3.05, 3.63) is 22.3 Å². The average molecular weight is 241 g/mol. The van der Waals surface area contributed by atoms with Gasteiger partial charge in [0.2, 0.25) is 0 Å². The molecule has 1 aromatic rings. The van der Waals surface area contributed by atoms with E-state index in [0.29, 0.717) is 11.4 Å². The first-order valence-corrected chi connectivity index (χ1v) is 4.42. The average Bonchev–Trinajstić information content (AvgIpc) is 2.07. The standard InChI is InChI=1S/C8H9BrN4/c1-13(2)12-8-6(4-10)3-7(9)5-11-8/h3,5H,1-2H3,(H,11,12). The second kappa shape index (κ2) is 4.21. The lowest BCUT2D eigenvalue weighted by Crippen LogP contribution is -2.21. The molecule has 68 valence electrons. The summed E-state index contributed by atoms with van der Waals surface area (Å²) in [5, 5.41) is 10.5. The molecule has 0 bridgehead atoms. The van der Waals surface area contributed by atoms with Gasteiger partial charge in [-0.05, 0) is 22.0 Å². The third-order valence-electron chi connectivity index (χ3n) is 1.30. The normalized spacial score (nSPS) is 9.77. The van der Waals surface area contributed by atoms with Gasteiger partial charge in [-0.25, -0.2) is 9.99 Å². The van der Waals surface area contributed by atoms with E-state index in [-0.39, 0.29) is 0 Å². The van der Waals surface area contributed by atoms with E-state index in [9.17, 15) is 0 Å². The van der Waals surface area contributed by atoms with E-state index < -0.39 is 0 Å². The fourth-order valence-corrected chi connectivity index (χ4v) is 1.16. The first-order valence-electron chi connectivity index (χ1n) is 3.63. The molecular formula is C8H9BrN4. The van der Waals surface area contributed by atoms with Gasteiger partial charge in [0.05, 0.1) is 5.56 Å². The van der Waals surface area contributed by atoms with Gasteiger partial charge in [0.15, 0.2) is 5.82 Å². The Kier molecular flexibility index (Phi) is 3.23. The van der Waals surface area contributed by atoms with Gasteiger partial charge in [-0.15, -0.1) is 0 Å². The molecule has 1 rings (SSSR count). The van der Waals surface area contributed by atoms with Crippen LogP contribution >= 0.6 is 15.9 Å². The zero-order valence-electron chi connectivity index (χ0n) is 7.37. The molecule has 1 heterocycles. The zero-order valence-corrected chi connectivity index (χ0v) is 8.96. The van der Waals surface area contributed by atoms with Gasteiger partial charge < -0.3 is 5.43 Å². The van der Waals surface area contributed by atoms with Crippen molar-refractivity contribution in [3.8, 4) is 6.07 Å². The van der Waals surface area contributed by atoms with Gasteiger partial charge in [-0.3, -0.25) is 0 Å². The molecular weight excluding hydrogens is 232 g/mol. The Hall–Kier alpha value is -1.12. The highest BCUT2D eigenvalue weighted by molar-refractivity contribution is 9.10. The van der Waals surface area contributed by atoms with Gasteiger partial charge in [-0.2, -0.15) is 5.26 Å². The van der Waals surface area contributed by atoms with Gasteiger partial charge >= 0.3 is 0 Å². The lowest BCUT2D eigenvalue weighted by atomic mass is 10.3. The van der Waals surface area contributed by atoms with Crippen molar-refractivity contribution in [3.63, 3.8) is 0 Å². The van der Waals surface area contributed by atoms with E-state index >= 15 is 0 Å². The molecule has 1 aromatic heterocycles. The van der Waals surface area contributed by atoms with E-state index in [1.165, 1.54) is 0 Å². The van der Waals surface area contributed by atoms with E-state index in [2.05, 4.69) is 32.4 Å². The molecule has 1 N–H and O–H groups in total. The van der Waals surface area contributed by atoms with Crippen LogP contribution in [-0.2, 0) is 0 Å². The molecule has 0 fully saturated rings. The number of rotatable bonds is 2. The van der Waals surface area contributed by atoms with Crippen molar-refractivity contribution in [2.24, 2.45) is 0 Å². The number of aromatic nitrogens is 1. The molecule has 0 aliphatic carbocycles. The number of anilines is 1. The second-order valence-electron chi connectivity index (χ2n) is 2.67. The molecule has 0 saturated heterocycles. The Bertz CT molecular complexity index is 342. The fraction of sp³-hybridized carbons (Fsp3) is 0.250. The summed E-state index contributed by atoms with van der Waals surface area (Å²) in [4.78, 5) is 4.07. The fourth-order valence-electron chi connectivity index (χ4n) is 0.825. The van der Waals surface area contributed by atoms with Crippen molar-refractivity contribution in [1.29, 1.82) is 5.26 Å². The minimum absolute atomic E-state index is 0.517. The van der Waals surface area contributed by atoms with Crippen molar-refractivity contribution in [2.45, 2.75) is 0 Å². The highest BCUT2D eigenvalue weighted by Crippen LogP contribution is 2.16. The van der Waals surface area contributed by atoms with Crippen LogP contribution in [0.2, 0.25) is 0 Å². The maximum Gasteiger partial charge on any atom is 0.158 e. The molecule has 13 heavy (non-hydrogen) atoms. The Labute approximate surface area is 85.3 Å². The molecule has 5 heteroatoms. The van der Waals surface area contributed by atoms with Crippen molar-refractivity contribution < 1.29 is 0 Å². The maximum absolute atomic E-state index is 8.79. The number of nitrogens with zero attached hydrogens (tertiary/aromatic N) is 3. The molecule has 0 aliphatic heterocycles. The van der Waals surface area contributed by atoms with Crippen LogP contribution in [0.5, 0.6) is 0 Å². The van der Waals surface area contributed by atoms with Crippen molar-refractivity contribution in [2.75, 3.05) is 19.5 Å². The largest absolute Gasteiger partial charge is 0.303 e. The molecule has 0 amide bonds. The first kappa shape index (κ1) is 9.96. The number of nitriles is 1. The lowest BCUT2D eigenvalue weighted by Gasteiger charge is -2.13. The number of halogens is 1. The Morgan fingerprint density at radius 1 is 1.62 bits per heavy atom. The van der Waals surface area contributed by atoms with Crippen LogP contribution in [0.25, 0.3) is 0 Å². The molecule has 4 nitrogen and oxygen atoms in total. The number of hydrazine groups is 1. The van der Waals surface area contributed by atoms with E-state index in [4.69, 9.17) is 5.26 Å². The first-order chi connectivity index (χ1) is 6.13. The summed E-state index contributed by atoms with van der Waals surface area (Å²) in [7, 11) is 3.68. The monoisotopic (exact) mass is 240 g/mol. The minimum Gasteiger partial charge on any atom is -0.303 e. The summed E-state index contributed by atoms with van der Waals surface area (Å²) < 4.78 is 0.799. The quantitative estimate of drug-likeness (QED) is 0.799. The summed E-state index contributed by atoms with van der Waals surface area (Å²) >= 11 is 3.25. The Balaban J connectivity index is 3.01. The summed E-state index contributed by atoms with van der Waals surface area (Å²) in [5.74, 6) is 0.565. The zero-order chi connectivity index (χ0) is 9.84. The molecule has 0 unspecified atom stereocenters. The van der Waals surface area contributed by atoms with E-state index in [0.717, 1.165) is 4.47 Å². The van der Waals surface area contributed by atoms with Gasteiger partial charge in [0.25, 0.3) is 0 Å². The minimum atomic E-state index is 0.517. The molecule has 0 aliphatic rings. The van der Waals surface area contributed by atoms with Crippen LogP contribution in [-0.4, -0.2) is 24.1 Å². The molecule has 0 aromatic carbocycles. The van der Waals surface area contributed by atoms with Crippen LogP contribution in [0.4, 0.5) is 5.82 Å².